The summed E-state index contributed by atoms with van der Waals surface area (Å²) in [6.07, 6.45) is 3.29. The molecule has 0 atom stereocenters. The molecule has 0 aliphatic carbocycles. The van der Waals surface area contributed by atoms with Crippen LogP contribution in [0.25, 0.3) is 22.2 Å². The number of carbonyl (C=O) groups excluding carboxylic acids is 1. The minimum atomic E-state index is -0.475. The standard InChI is InChI=1S/C25H20FN7O/c1-15-27-13-23(30-15)16-8-9-21-22(10-16)28-14-29-24(21)31-19-6-3-7-20(12-19)33-25(34)32-18-5-2-4-17(26)11-18/h2-14H,1H3,(H,27,30)(H,28,29,31)(H2,32,33,34). The number of anilines is 4. The number of hydrogen-bond donors (Lipinski definition) is 4. The number of fused-ring (bicyclic) bond motifs is 1. The Hall–Kier alpha value is -4.79. The predicted molar refractivity (Wildman–Crippen MR) is 131 cm³/mol. The fraction of sp³-hybridized carbons (Fsp3) is 0.0400. The minimum Gasteiger partial charge on any atom is -0.342 e. The van der Waals surface area contributed by atoms with Gasteiger partial charge in [-0.3, -0.25) is 0 Å². The summed E-state index contributed by atoms with van der Waals surface area (Å²) >= 11 is 0. The summed E-state index contributed by atoms with van der Waals surface area (Å²) < 4.78 is 13.3. The van der Waals surface area contributed by atoms with Gasteiger partial charge in [0.15, 0.2) is 0 Å². The van der Waals surface area contributed by atoms with Gasteiger partial charge in [-0.25, -0.2) is 24.1 Å². The van der Waals surface area contributed by atoms with Gasteiger partial charge in [0.05, 0.1) is 17.4 Å². The van der Waals surface area contributed by atoms with Crippen LogP contribution in [0.15, 0.2) is 79.3 Å². The molecular formula is C25H20FN7O. The van der Waals surface area contributed by atoms with E-state index in [0.29, 0.717) is 17.2 Å². The van der Waals surface area contributed by atoms with E-state index in [0.717, 1.165) is 33.7 Å². The van der Waals surface area contributed by atoms with E-state index in [1.807, 2.05) is 37.3 Å². The number of nitrogens with zero attached hydrogens (tertiary/aromatic N) is 3. The molecule has 0 bridgehead atoms. The Morgan fingerprint density at radius 1 is 0.882 bits per heavy atom. The first-order valence-corrected chi connectivity index (χ1v) is 10.5. The zero-order valence-electron chi connectivity index (χ0n) is 18.1. The molecule has 0 fully saturated rings. The summed E-state index contributed by atoms with van der Waals surface area (Å²) in [7, 11) is 0. The highest BCUT2D eigenvalue weighted by Crippen LogP contribution is 2.28. The number of aromatic amines is 1. The summed E-state index contributed by atoms with van der Waals surface area (Å²) in [4.78, 5) is 28.6. The smallest absolute Gasteiger partial charge is 0.323 e. The lowest BCUT2D eigenvalue weighted by Gasteiger charge is -2.12. The normalized spacial score (nSPS) is 10.8. The summed E-state index contributed by atoms with van der Waals surface area (Å²) in [5, 5.41) is 9.49. The van der Waals surface area contributed by atoms with E-state index in [1.165, 1.54) is 24.5 Å². The van der Waals surface area contributed by atoms with Gasteiger partial charge in [-0.15, -0.1) is 0 Å². The quantitative estimate of drug-likeness (QED) is 0.267. The van der Waals surface area contributed by atoms with Crippen LogP contribution in [0.1, 0.15) is 5.82 Å². The second kappa shape index (κ2) is 8.99. The molecule has 34 heavy (non-hydrogen) atoms. The van der Waals surface area contributed by atoms with Crippen molar-refractivity contribution in [1.29, 1.82) is 0 Å². The van der Waals surface area contributed by atoms with Crippen LogP contribution in [0.3, 0.4) is 0 Å². The number of H-pyrrole nitrogens is 1. The highest BCUT2D eigenvalue weighted by molar-refractivity contribution is 6.00. The maximum absolute atomic E-state index is 13.3. The Balaban J connectivity index is 1.33. The maximum Gasteiger partial charge on any atom is 0.323 e. The van der Waals surface area contributed by atoms with Crippen LogP contribution in [0, 0.1) is 12.7 Å². The van der Waals surface area contributed by atoms with E-state index in [1.54, 1.807) is 24.4 Å². The number of aryl methyl sites for hydroxylation is 1. The highest BCUT2D eigenvalue weighted by atomic mass is 19.1. The van der Waals surface area contributed by atoms with Crippen molar-refractivity contribution in [3.05, 3.63) is 90.9 Å². The Labute approximate surface area is 194 Å². The zero-order valence-corrected chi connectivity index (χ0v) is 18.1. The molecule has 3 aromatic carbocycles. The monoisotopic (exact) mass is 453 g/mol. The third kappa shape index (κ3) is 4.68. The Morgan fingerprint density at radius 3 is 2.41 bits per heavy atom. The molecule has 0 saturated carbocycles. The first kappa shape index (κ1) is 21.1. The number of benzene rings is 3. The van der Waals surface area contributed by atoms with Gasteiger partial charge in [-0.1, -0.05) is 18.2 Å². The highest BCUT2D eigenvalue weighted by Gasteiger charge is 2.09. The molecule has 168 valence electrons. The van der Waals surface area contributed by atoms with Crippen LogP contribution in [0.5, 0.6) is 0 Å². The molecule has 8 nitrogen and oxygen atoms in total. The van der Waals surface area contributed by atoms with Gasteiger partial charge in [-0.05, 0) is 55.5 Å². The second-order valence-corrected chi connectivity index (χ2v) is 7.63. The van der Waals surface area contributed by atoms with Gasteiger partial charge in [0, 0.05) is 28.0 Å². The van der Waals surface area contributed by atoms with Crippen LogP contribution in [0.2, 0.25) is 0 Å². The summed E-state index contributed by atoms with van der Waals surface area (Å²) in [6.45, 7) is 1.91. The van der Waals surface area contributed by atoms with Crippen molar-refractivity contribution >= 4 is 39.8 Å². The average Bonchev–Trinajstić information content (AvgIpc) is 3.25. The van der Waals surface area contributed by atoms with Crippen molar-refractivity contribution in [2.24, 2.45) is 0 Å². The molecular weight excluding hydrogens is 433 g/mol. The summed E-state index contributed by atoms with van der Waals surface area (Å²) in [5.74, 6) is 1.06. The molecule has 0 aliphatic rings. The van der Waals surface area contributed by atoms with E-state index in [-0.39, 0.29) is 0 Å². The molecule has 0 spiro atoms. The van der Waals surface area contributed by atoms with Crippen LogP contribution >= 0.6 is 0 Å². The maximum atomic E-state index is 13.3. The lowest BCUT2D eigenvalue weighted by atomic mass is 10.1. The fourth-order valence-corrected chi connectivity index (χ4v) is 3.56. The lowest BCUT2D eigenvalue weighted by molar-refractivity contribution is 0.262. The first-order chi connectivity index (χ1) is 16.5. The largest absolute Gasteiger partial charge is 0.342 e. The van der Waals surface area contributed by atoms with Crippen molar-refractivity contribution in [2.45, 2.75) is 6.92 Å². The molecule has 0 radical (unpaired) electrons. The molecule has 4 N–H and O–H groups in total. The van der Waals surface area contributed by atoms with Gasteiger partial charge in [-0.2, -0.15) is 0 Å². The van der Waals surface area contributed by atoms with Crippen LogP contribution in [-0.2, 0) is 0 Å². The summed E-state index contributed by atoms with van der Waals surface area (Å²) in [6, 6.07) is 18.4. The zero-order chi connectivity index (χ0) is 23.5. The SMILES string of the molecule is Cc1ncc(-c2ccc3c(Nc4cccc(NC(=O)Nc5cccc(F)c5)c4)ncnc3c2)[nH]1. The molecule has 5 aromatic rings. The first-order valence-electron chi connectivity index (χ1n) is 10.5. The Morgan fingerprint density at radius 2 is 1.65 bits per heavy atom. The van der Waals surface area contributed by atoms with E-state index in [4.69, 9.17) is 0 Å². The third-order valence-corrected chi connectivity index (χ3v) is 5.12. The van der Waals surface area contributed by atoms with Crippen LogP contribution < -0.4 is 16.0 Å². The van der Waals surface area contributed by atoms with Crippen LogP contribution in [-0.4, -0.2) is 26.0 Å². The predicted octanol–water partition coefficient (Wildman–Crippen LogP) is 5.86. The number of aromatic nitrogens is 4. The molecule has 9 heteroatoms. The number of carbonyl (C=O) groups is 1. The van der Waals surface area contributed by atoms with E-state index >= 15 is 0 Å². The molecule has 2 heterocycles. The lowest BCUT2D eigenvalue weighted by Crippen LogP contribution is -2.19. The molecule has 0 unspecified atom stereocenters. The van der Waals surface area contributed by atoms with Crippen molar-refractivity contribution in [3.8, 4) is 11.3 Å². The number of hydrogen-bond acceptors (Lipinski definition) is 5. The molecule has 2 aromatic heterocycles. The molecule has 2 amide bonds. The molecule has 5 rings (SSSR count). The van der Waals surface area contributed by atoms with Crippen LogP contribution in [0.4, 0.5) is 32.1 Å². The Bertz CT molecular complexity index is 1500. The Kier molecular flexibility index (Phi) is 5.57. The van der Waals surface area contributed by atoms with Crippen molar-refractivity contribution < 1.29 is 9.18 Å². The molecule has 0 aliphatic heterocycles. The van der Waals surface area contributed by atoms with Crippen molar-refractivity contribution in [1.82, 2.24) is 19.9 Å². The van der Waals surface area contributed by atoms with Gasteiger partial charge < -0.3 is 20.9 Å². The summed E-state index contributed by atoms with van der Waals surface area (Å²) in [5.41, 5.74) is 4.34. The van der Waals surface area contributed by atoms with Gasteiger partial charge in [0.1, 0.15) is 23.8 Å². The fourth-order valence-electron chi connectivity index (χ4n) is 3.56. The topological polar surface area (TPSA) is 108 Å². The second-order valence-electron chi connectivity index (χ2n) is 7.63. The minimum absolute atomic E-state index is 0.365. The average molecular weight is 453 g/mol. The van der Waals surface area contributed by atoms with E-state index in [9.17, 15) is 9.18 Å². The number of halogens is 1. The number of amides is 2. The van der Waals surface area contributed by atoms with Gasteiger partial charge in [0.25, 0.3) is 0 Å². The third-order valence-electron chi connectivity index (χ3n) is 5.12. The van der Waals surface area contributed by atoms with Gasteiger partial charge in [0.2, 0.25) is 0 Å². The van der Waals surface area contributed by atoms with Gasteiger partial charge >= 0.3 is 6.03 Å². The number of urea groups is 1. The van der Waals surface area contributed by atoms with E-state index < -0.39 is 11.8 Å². The molecule has 0 saturated heterocycles. The van der Waals surface area contributed by atoms with Crippen molar-refractivity contribution in [3.63, 3.8) is 0 Å². The van der Waals surface area contributed by atoms with Crippen molar-refractivity contribution in [2.75, 3.05) is 16.0 Å². The van der Waals surface area contributed by atoms with E-state index in [2.05, 4.69) is 35.9 Å². The number of nitrogens with one attached hydrogen (secondary N) is 4. The number of imidazole rings is 1. The number of rotatable bonds is 5.